The van der Waals surface area contributed by atoms with Gasteiger partial charge in [-0.15, -0.1) is 0 Å². The molecule has 0 unspecified atom stereocenters. The predicted octanol–water partition coefficient (Wildman–Crippen LogP) is 13.4. The van der Waals surface area contributed by atoms with Crippen LogP contribution in [0.2, 0.25) is 0 Å². The number of allylic oxidation sites excluding steroid dienone is 5. The van der Waals surface area contributed by atoms with E-state index in [2.05, 4.69) is 125 Å². The molecule has 48 heavy (non-hydrogen) atoms. The molecule has 0 amide bonds. The second kappa shape index (κ2) is 13.7. The third kappa shape index (κ3) is 5.61. The van der Waals surface area contributed by atoms with Crippen molar-refractivity contribution in [1.29, 1.82) is 0 Å². The molecule has 0 aliphatic rings. The number of rotatable bonds is 10. The third-order valence-electron chi connectivity index (χ3n) is 9.01. The standard InChI is InChI=1S/C47H39N/c1-8-14-17-32(9-2)35-26-27-48-45(30-35)41-24-25-44(38(11-4)37(41)10-3)47-40(13-6)39(12-5)46(42-18-15-16-19-43(42)47)36-23-22-33-28-31(7)20-21-34(33)29-36/h8-30H,2-6H2,1,7H3/b14-8-,32-17+. The van der Waals surface area contributed by atoms with Crippen molar-refractivity contribution < 1.29 is 0 Å². The van der Waals surface area contributed by atoms with E-state index in [-0.39, 0.29) is 0 Å². The van der Waals surface area contributed by atoms with Crippen LogP contribution in [0.1, 0.15) is 40.3 Å². The molecule has 6 rings (SSSR count). The van der Waals surface area contributed by atoms with Crippen molar-refractivity contribution in [2.75, 3.05) is 0 Å². The molecule has 5 aromatic carbocycles. The van der Waals surface area contributed by atoms with Crippen LogP contribution in [-0.4, -0.2) is 4.98 Å². The number of hydrogen-bond donors (Lipinski definition) is 0. The fraction of sp³-hybridized carbons (Fsp3) is 0.0426. The number of pyridine rings is 1. The topological polar surface area (TPSA) is 12.9 Å². The van der Waals surface area contributed by atoms with E-state index in [1.165, 1.54) is 16.3 Å². The van der Waals surface area contributed by atoms with Crippen LogP contribution in [0.3, 0.4) is 0 Å². The fourth-order valence-corrected chi connectivity index (χ4v) is 6.78. The molecule has 0 aliphatic heterocycles. The average molecular weight is 618 g/mol. The van der Waals surface area contributed by atoms with Gasteiger partial charge in [0.25, 0.3) is 0 Å². The molecule has 0 bridgehead atoms. The van der Waals surface area contributed by atoms with Gasteiger partial charge in [0.15, 0.2) is 0 Å². The molecule has 0 radical (unpaired) electrons. The van der Waals surface area contributed by atoms with Crippen molar-refractivity contribution >= 4 is 51.4 Å². The summed E-state index contributed by atoms with van der Waals surface area (Å²) in [7, 11) is 0. The SMILES string of the molecule is C=C/C(=C\C=C/C)c1ccnc(-c2ccc(-c3c(C=C)c(C=C)c(-c4ccc5cc(C)ccc5c4)c4ccccc34)c(C=C)c2C=C)c1. The van der Waals surface area contributed by atoms with Gasteiger partial charge in [-0.1, -0.05) is 154 Å². The molecule has 0 aliphatic carbocycles. The second-order valence-corrected chi connectivity index (χ2v) is 11.8. The smallest absolute Gasteiger partial charge is 0.0714 e. The highest BCUT2D eigenvalue weighted by Crippen LogP contribution is 2.46. The Hall–Kier alpha value is -6.05. The van der Waals surface area contributed by atoms with Crippen molar-refractivity contribution in [3.63, 3.8) is 0 Å². The van der Waals surface area contributed by atoms with Crippen LogP contribution in [-0.2, 0) is 0 Å². The van der Waals surface area contributed by atoms with E-state index in [0.717, 1.165) is 77.7 Å². The van der Waals surface area contributed by atoms with Crippen LogP contribution in [0.15, 0.2) is 148 Å². The van der Waals surface area contributed by atoms with Gasteiger partial charge in [-0.25, -0.2) is 0 Å². The van der Waals surface area contributed by atoms with Gasteiger partial charge in [-0.05, 0) is 109 Å². The summed E-state index contributed by atoms with van der Waals surface area (Å²) in [5.74, 6) is 0. The summed E-state index contributed by atoms with van der Waals surface area (Å²) in [6.07, 6.45) is 17.5. The number of hydrogen-bond acceptors (Lipinski definition) is 1. The van der Waals surface area contributed by atoms with Crippen molar-refractivity contribution in [3.05, 3.63) is 182 Å². The molecule has 0 saturated carbocycles. The first-order chi connectivity index (χ1) is 23.5. The van der Waals surface area contributed by atoms with Gasteiger partial charge in [-0.2, -0.15) is 0 Å². The largest absolute Gasteiger partial charge is 0.256 e. The molecule has 0 atom stereocenters. The van der Waals surface area contributed by atoms with Gasteiger partial charge >= 0.3 is 0 Å². The molecular formula is C47H39N. The normalized spacial score (nSPS) is 11.6. The van der Waals surface area contributed by atoms with E-state index < -0.39 is 0 Å². The first-order valence-electron chi connectivity index (χ1n) is 16.2. The number of aromatic nitrogens is 1. The van der Waals surface area contributed by atoms with Gasteiger partial charge < -0.3 is 0 Å². The zero-order valence-corrected chi connectivity index (χ0v) is 27.8. The summed E-state index contributed by atoms with van der Waals surface area (Å²) in [5.41, 5.74) is 13.6. The quantitative estimate of drug-likeness (QED) is 0.139. The van der Waals surface area contributed by atoms with Gasteiger partial charge in [0.05, 0.1) is 5.69 Å². The number of fused-ring (bicyclic) bond motifs is 2. The zero-order valence-electron chi connectivity index (χ0n) is 27.8. The monoisotopic (exact) mass is 617 g/mol. The molecule has 6 aromatic rings. The van der Waals surface area contributed by atoms with E-state index in [0.29, 0.717) is 0 Å². The number of nitrogens with zero attached hydrogens (tertiary/aromatic N) is 1. The average Bonchev–Trinajstić information content (AvgIpc) is 3.13. The second-order valence-electron chi connectivity index (χ2n) is 11.8. The Morgan fingerprint density at radius 2 is 1.25 bits per heavy atom. The predicted molar refractivity (Wildman–Crippen MR) is 214 cm³/mol. The lowest BCUT2D eigenvalue weighted by molar-refractivity contribution is 1.31. The summed E-state index contributed by atoms with van der Waals surface area (Å²) in [6.45, 7) is 25.3. The summed E-state index contributed by atoms with van der Waals surface area (Å²) in [4.78, 5) is 4.78. The maximum atomic E-state index is 4.78. The molecule has 1 nitrogen and oxygen atoms in total. The molecule has 0 spiro atoms. The maximum absolute atomic E-state index is 4.78. The summed E-state index contributed by atoms with van der Waals surface area (Å²) >= 11 is 0. The van der Waals surface area contributed by atoms with Crippen molar-refractivity contribution in [2.24, 2.45) is 0 Å². The summed E-state index contributed by atoms with van der Waals surface area (Å²) in [6, 6.07) is 30.3. The molecular weight excluding hydrogens is 579 g/mol. The summed E-state index contributed by atoms with van der Waals surface area (Å²) in [5, 5.41) is 4.72. The van der Waals surface area contributed by atoms with E-state index in [4.69, 9.17) is 4.98 Å². The lowest BCUT2D eigenvalue weighted by Gasteiger charge is -2.23. The van der Waals surface area contributed by atoms with Gasteiger partial charge in [0.2, 0.25) is 0 Å². The fourth-order valence-electron chi connectivity index (χ4n) is 6.78. The Labute approximate surface area is 284 Å². The van der Waals surface area contributed by atoms with Crippen molar-refractivity contribution in [2.45, 2.75) is 13.8 Å². The molecule has 1 heteroatoms. The van der Waals surface area contributed by atoms with E-state index in [1.54, 1.807) is 0 Å². The van der Waals surface area contributed by atoms with Crippen LogP contribution in [0, 0.1) is 6.92 Å². The van der Waals surface area contributed by atoms with Crippen LogP contribution >= 0.6 is 0 Å². The lowest BCUT2D eigenvalue weighted by Crippen LogP contribution is -1.99. The highest BCUT2D eigenvalue weighted by atomic mass is 14.7. The first kappa shape index (κ1) is 31.9. The summed E-state index contributed by atoms with van der Waals surface area (Å²) < 4.78 is 0. The zero-order chi connectivity index (χ0) is 33.8. The van der Waals surface area contributed by atoms with Gasteiger partial charge in [0.1, 0.15) is 0 Å². The minimum Gasteiger partial charge on any atom is -0.256 e. The van der Waals surface area contributed by atoms with Gasteiger partial charge in [0, 0.05) is 11.8 Å². The van der Waals surface area contributed by atoms with Crippen LogP contribution in [0.25, 0.3) is 84.9 Å². The van der Waals surface area contributed by atoms with Gasteiger partial charge in [-0.3, -0.25) is 4.98 Å². The minimum absolute atomic E-state index is 0.854. The van der Waals surface area contributed by atoms with Crippen LogP contribution in [0.5, 0.6) is 0 Å². The Morgan fingerprint density at radius 3 is 1.94 bits per heavy atom. The Morgan fingerprint density at radius 1 is 0.625 bits per heavy atom. The Bertz CT molecular complexity index is 2340. The highest BCUT2D eigenvalue weighted by Gasteiger charge is 2.22. The maximum Gasteiger partial charge on any atom is 0.0714 e. The number of aryl methyl sites for hydroxylation is 1. The lowest BCUT2D eigenvalue weighted by atomic mass is 9.80. The molecule has 1 heterocycles. The molecule has 232 valence electrons. The highest BCUT2D eigenvalue weighted by molar-refractivity contribution is 6.13. The molecule has 0 fully saturated rings. The first-order valence-corrected chi connectivity index (χ1v) is 16.2. The van der Waals surface area contributed by atoms with Crippen LogP contribution < -0.4 is 0 Å². The van der Waals surface area contributed by atoms with Crippen LogP contribution in [0.4, 0.5) is 0 Å². The van der Waals surface area contributed by atoms with Crippen molar-refractivity contribution in [3.8, 4) is 33.5 Å². The molecule has 0 saturated heterocycles. The minimum atomic E-state index is 0.854. The van der Waals surface area contributed by atoms with E-state index in [1.807, 2.05) is 61.7 Å². The Balaban J connectivity index is 1.62. The van der Waals surface area contributed by atoms with E-state index >= 15 is 0 Å². The van der Waals surface area contributed by atoms with Crippen molar-refractivity contribution in [1.82, 2.24) is 4.98 Å². The molecule has 0 N–H and O–H groups in total. The van der Waals surface area contributed by atoms with E-state index in [9.17, 15) is 0 Å². The Kier molecular flexibility index (Phi) is 9.14. The molecule has 1 aromatic heterocycles. The number of benzene rings is 5. The third-order valence-corrected chi connectivity index (χ3v) is 9.01.